The van der Waals surface area contributed by atoms with Gasteiger partial charge in [0.15, 0.2) is 0 Å². The summed E-state index contributed by atoms with van der Waals surface area (Å²) < 4.78 is 18.9. The molecule has 3 rings (SSSR count). The van der Waals surface area contributed by atoms with Crippen molar-refractivity contribution >= 4 is 5.91 Å². The van der Waals surface area contributed by atoms with Gasteiger partial charge in [0.1, 0.15) is 12.4 Å². The van der Waals surface area contributed by atoms with Crippen LogP contribution in [0.5, 0.6) is 0 Å². The van der Waals surface area contributed by atoms with Crippen LogP contribution in [0.3, 0.4) is 0 Å². The summed E-state index contributed by atoms with van der Waals surface area (Å²) in [7, 11) is 0. The third-order valence-corrected chi connectivity index (χ3v) is 3.97. The molecule has 2 aromatic carbocycles. The molecule has 7 heteroatoms. The van der Waals surface area contributed by atoms with Gasteiger partial charge in [-0.25, -0.2) is 9.18 Å². The monoisotopic (exact) mass is 355 g/mol. The topological polar surface area (TPSA) is 77.1 Å². The predicted molar refractivity (Wildman–Crippen MR) is 94.0 cm³/mol. The van der Waals surface area contributed by atoms with Crippen molar-refractivity contribution < 1.29 is 13.6 Å². The largest absolute Gasteiger partial charge is 0.437 e. The number of rotatable bonds is 6. The fourth-order valence-corrected chi connectivity index (χ4v) is 2.53. The second-order valence-corrected chi connectivity index (χ2v) is 5.86. The third-order valence-electron chi connectivity index (χ3n) is 3.97. The highest BCUT2D eigenvalue weighted by Gasteiger charge is 2.13. The fourth-order valence-electron chi connectivity index (χ4n) is 2.53. The van der Waals surface area contributed by atoms with E-state index in [1.165, 1.54) is 29.8 Å². The Morgan fingerprint density at radius 2 is 1.92 bits per heavy atom. The average molecular weight is 355 g/mol. The Morgan fingerprint density at radius 3 is 2.65 bits per heavy atom. The molecule has 0 aliphatic carbocycles. The highest BCUT2D eigenvalue weighted by Crippen LogP contribution is 2.15. The minimum absolute atomic E-state index is 0.0442. The molecule has 134 valence electrons. The number of benzene rings is 2. The third kappa shape index (κ3) is 4.24. The second-order valence-electron chi connectivity index (χ2n) is 5.86. The number of nitrogens with one attached hydrogen (secondary N) is 1. The van der Waals surface area contributed by atoms with Crippen molar-refractivity contribution in [3.8, 4) is 11.5 Å². The molecule has 0 aliphatic rings. The van der Waals surface area contributed by atoms with Crippen LogP contribution >= 0.6 is 0 Å². The average Bonchev–Trinajstić information content (AvgIpc) is 2.98. The number of aryl methyl sites for hydroxylation is 1. The number of carbonyl (C=O) groups is 1. The van der Waals surface area contributed by atoms with Gasteiger partial charge in [-0.2, -0.15) is 4.68 Å². The number of hydrogen-bond acceptors (Lipinski definition) is 4. The standard InChI is InChI=1S/C19H18FN3O3/c1-13-4-2-3-5-14(13)10-11-21-17(24)12-23-19(25)26-18(22-23)15-6-8-16(20)9-7-15/h2-9H,10-12H2,1H3,(H,21,24). The van der Waals surface area contributed by atoms with Gasteiger partial charge in [0.25, 0.3) is 0 Å². The normalized spacial score (nSPS) is 10.7. The van der Waals surface area contributed by atoms with Crippen molar-refractivity contribution in [2.75, 3.05) is 6.54 Å². The molecule has 0 spiro atoms. The van der Waals surface area contributed by atoms with E-state index in [1.807, 2.05) is 31.2 Å². The highest BCUT2D eigenvalue weighted by atomic mass is 19.1. The molecule has 0 saturated heterocycles. The maximum atomic E-state index is 13.0. The van der Waals surface area contributed by atoms with Gasteiger partial charge in [-0.05, 0) is 48.7 Å². The quantitative estimate of drug-likeness (QED) is 0.736. The number of aromatic nitrogens is 2. The molecule has 1 aromatic heterocycles. The van der Waals surface area contributed by atoms with Gasteiger partial charge in [0, 0.05) is 12.1 Å². The van der Waals surface area contributed by atoms with Crippen LogP contribution in [0.2, 0.25) is 0 Å². The van der Waals surface area contributed by atoms with Crippen LogP contribution in [0, 0.1) is 12.7 Å². The van der Waals surface area contributed by atoms with Crippen LogP contribution in [0.4, 0.5) is 4.39 Å². The molecule has 1 N–H and O–H groups in total. The summed E-state index contributed by atoms with van der Waals surface area (Å²) in [5.74, 6) is -1.43. The minimum Gasteiger partial charge on any atom is -0.388 e. The number of nitrogens with zero attached hydrogens (tertiary/aromatic N) is 2. The Kier molecular flexibility index (Phi) is 5.26. The van der Waals surface area contributed by atoms with E-state index < -0.39 is 11.6 Å². The number of carbonyl (C=O) groups excluding carboxylic acids is 1. The zero-order chi connectivity index (χ0) is 18.5. The van der Waals surface area contributed by atoms with Crippen molar-refractivity contribution in [2.24, 2.45) is 0 Å². The van der Waals surface area contributed by atoms with Crippen LogP contribution in [0.25, 0.3) is 11.5 Å². The smallest absolute Gasteiger partial charge is 0.388 e. The summed E-state index contributed by atoms with van der Waals surface area (Å²) in [4.78, 5) is 23.9. The van der Waals surface area contributed by atoms with Crippen molar-refractivity contribution in [3.05, 3.63) is 76.0 Å². The second kappa shape index (κ2) is 7.77. The van der Waals surface area contributed by atoms with Gasteiger partial charge in [0.05, 0.1) is 0 Å². The number of halogens is 1. The summed E-state index contributed by atoms with van der Waals surface area (Å²) in [6.45, 7) is 2.24. The van der Waals surface area contributed by atoms with Crippen molar-refractivity contribution in [1.82, 2.24) is 15.1 Å². The number of hydrogen-bond donors (Lipinski definition) is 1. The first-order chi connectivity index (χ1) is 12.5. The van der Waals surface area contributed by atoms with E-state index in [4.69, 9.17) is 4.42 Å². The van der Waals surface area contributed by atoms with Gasteiger partial charge in [0.2, 0.25) is 11.8 Å². The van der Waals surface area contributed by atoms with Crippen LogP contribution in [-0.2, 0) is 17.8 Å². The molecule has 3 aromatic rings. The molecule has 0 unspecified atom stereocenters. The molecule has 0 bridgehead atoms. The molecule has 0 fully saturated rings. The summed E-state index contributed by atoms with van der Waals surface area (Å²) in [6.07, 6.45) is 0.701. The highest BCUT2D eigenvalue weighted by molar-refractivity contribution is 5.75. The van der Waals surface area contributed by atoms with Crippen molar-refractivity contribution in [2.45, 2.75) is 19.9 Å². The maximum Gasteiger partial charge on any atom is 0.437 e. The lowest BCUT2D eigenvalue weighted by atomic mass is 10.1. The Hall–Kier alpha value is -3.22. The lowest BCUT2D eigenvalue weighted by Crippen LogP contribution is -2.32. The Morgan fingerprint density at radius 1 is 1.19 bits per heavy atom. The van der Waals surface area contributed by atoms with Gasteiger partial charge >= 0.3 is 5.76 Å². The Balaban J connectivity index is 1.58. The zero-order valence-electron chi connectivity index (χ0n) is 14.2. The summed E-state index contributed by atoms with van der Waals surface area (Å²) >= 11 is 0. The van der Waals surface area contributed by atoms with Crippen LogP contribution in [-0.4, -0.2) is 22.2 Å². The predicted octanol–water partition coefficient (Wildman–Crippen LogP) is 2.31. The van der Waals surface area contributed by atoms with E-state index in [-0.39, 0.29) is 18.3 Å². The molecular formula is C19H18FN3O3. The molecular weight excluding hydrogens is 337 g/mol. The van der Waals surface area contributed by atoms with Crippen LogP contribution in [0.1, 0.15) is 11.1 Å². The van der Waals surface area contributed by atoms with E-state index in [2.05, 4.69) is 10.4 Å². The molecule has 6 nitrogen and oxygen atoms in total. The van der Waals surface area contributed by atoms with Gasteiger partial charge in [-0.1, -0.05) is 24.3 Å². The molecule has 0 aliphatic heterocycles. The molecule has 0 atom stereocenters. The van der Waals surface area contributed by atoms with Gasteiger partial charge in [-0.15, -0.1) is 5.10 Å². The van der Waals surface area contributed by atoms with E-state index in [0.29, 0.717) is 18.5 Å². The van der Waals surface area contributed by atoms with Crippen LogP contribution < -0.4 is 11.1 Å². The maximum absolute atomic E-state index is 13.0. The SMILES string of the molecule is Cc1ccccc1CCNC(=O)Cn1nc(-c2ccc(F)cc2)oc1=O. The summed E-state index contributed by atoms with van der Waals surface area (Å²) in [6, 6.07) is 13.3. The fraction of sp³-hybridized carbons (Fsp3) is 0.211. The minimum atomic E-state index is -0.738. The lowest BCUT2D eigenvalue weighted by Gasteiger charge is -2.07. The van der Waals surface area contributed by atoms with E-state index in [9.17, 15) is 14.0 Å². The zero-order valence-corrected chi connectivity index (χ0v) is 14.2. The van der Waals surface area contributed by atoms with E-state index >= 15 is 0 Å². The van der Waals surface area contributed by atoms with E-state index in [0.717, 1.165) is 10.2 Å². The molecule has 0 saturated carbocycles. The Labute approximate surface area is 149 Å². The first kappa shape index (κ1) is 17.6. The summed E-state index contributed by atoms with van der Waals surface area (Å²) in [5.41, 5.74) is 2.78. The van der Waals surface area contributed by atoms with Crippen molar-refractivity contribution in [3.63, 3.8) is 0 Å². The van der Waals surface area contributed by atoms with Crippen LogP contribution in [0.15, 0.2) is 57.7 Å². The molecule has 1 amide bonds. The number of amides is 1. The first-order valence-electron chi connectivity index (χ1n) is 8.18. The summed E-state index contributed by atoms with van der Waals surface area (Å²) in [5, 5.41) is 6.74. The molecule has 0 radical (unpaired) electrons. The van der Waals surface area contributed by atoms with Gasteiger partial charge in [-0.3, -0.25) is 4.79 Å². The molecule has 1 heterocycles. The van der Waals surface area contributed by atoms with E-state index in [1.54, 1.807) is 0 Å². The molecule has 26 heavy (non-hydrogen) atoms. The Bertz CT molecular complexity index is 961. The lowest BCUT2D eigenvalue weighted by molar-refractivity contribution is -0.121. The first-order valence-corrected chi connectivity index (χ1v) is 8.18. The van der Waals surface area contributed by atoms with Gasteiger partial charge < -0.3 is 9.73 Å². The van der Waals surface area contributed by atoms with Crippen molar-refractivity contribution in [1.29, 1.82) is 0 Å².